The topological polar surface area (TPSA) is 32.3 Å². The van der Waals surface area contributed by atoms with Crippen molar-refractivity contribution in [2.24, 2.45) is 17.3 Å². The average Bonchev–Trinajstić information content (AvgIpc) is 3.21. The minimum atomic E-state index is -0.231. The fraction of sp³-hybridized carbons (Fsp3) is 0.933. The van der Waals surface area contributed by atoms with Crippen LogP contribution in [0.3, 0.4) is 0 Å². The van der Waals surface area contributed by atoms with Gasteiger partial charge >= 0.3 is 0 Å². The number of hydrogen-bond acceptors (Lipinski definition) is 2. The quantitative estimate of drug-likeness (QED) is 0.832. The summed E-state index contributed by atoms with van der Waals surface area (Å²) in [4.78, 5) is 14.7. The lowest BCUT2D eigenvalue weighted by Crippen LogP contribution is -2.50. The smallest absolute Gasteiger partial charge is 0.228 e. The van der Waals surface area contributed by atoms with Crippen molar-refractivity contribution in [2.45, 2.75) is 52.5 Å². The largest absolute Gasteiger partial charge is 0.342 e. The molecule has 2 aliphatic rings. The molecular formula is C15H28N2O. The average molecular weight is 252 g/mol. The number of hydrogen-bond donors (Lipinski definition) is 1. The van der Waals surface area contributed by atoms with Gasteiger partial charge in [0.15, 0.2) is 0 Å². The Morgan fingerprint density at radius 3 is 2.50 bits per heavy atom. The van der Waals surface area contributed by atoms with Gasteiger partial charge in [0.2, 0.25) is 5.91 Å². The zero-order chi connectivity index (χ0) is 13.3. The number of nitrogens with one attached hydrogen (secondary N) is 1. The van der Waals surface area contributed by atoms with E-state index in [1.165, 1.54) is 25.7 Å². The van der Waals surface area contributed by atoms with Gasteiger partial charge in [0.25, 0.3) is 0 Å². The fourth-order valence-electron chi connectivity index (χ4n) is 3.18. The third-order valence-electron chi connectivity index (χ3n) is 5.10. The van der Waals surface area contributed by atoms with Crippen LogP contribution in [0.2, 0.25) is 0 Å². The molecule has 1 saturated heterocycles. The second-order valence-corrected chi connectivity index (χ2v) is 6.76. The Kier molecular flexibility index (Phi) is 4.00. The Morgan fingerprint density at radius 1 is 1.33 bits per heavy atom. The number of rotatable bonds is 4. The molecule has 2 unspecified atom stereocenters. The number of carbonyl (C=O) groups is 1. The lowest BCUT2D eigenvalue weighted by atomic mass is 9.74. The van der Waals surface area contributed by atoms with Gasteiger partial charge in [0.05, 0.1) is 0 Å². The van der Waals surface area contributed by atoms with Crippen LogP contribution in [0.1, 0.15) is 46.5 Å². The summed E-state index contributed by atoms with van der Waals surface area (Å²) in [6, 6.07) is 0.410. The first-order valence-corrected chi connectivity index (χ1v) is 7.42. The van der Waals surface area contributed by atoms with Crippen LogP contribution in [-0.4, -0.2) is 37.0 Å². The van der Waals surface area contributed by atoms with Crippen molar-refractivity contribution >= 4 is 5.91 Å². The molecule has 0 radical (unpaired) electrons. The summed E-state index contributed by atoms with van der Waals surface area (Å²) in [7, 11) is 1.99. The standard InChI is InChI=1S/C15H28N2O/c1-11(12-7-8-12)17(4)14(18)15(2,3)13-6-5-9-16-10-13/h11-13,16H,5-10H2,1-4H3. The zero-order valence-electron chi connectivity index (χ0n) is 12.3. The van der Waals surface area contributed by atoms with Crippen LogP contribution < -0.4 is 5.32 Å². The maximum Gasteiger partial charge on any atom is 0.228 e. The van der Waals surface area contributed by atoms with E-state index in [0.717, 1.165) is 19.0 Å². The maximum absolute atomic E-state index is 12.7. The van der Waals surface area contributed by atoms with Crippen molar-refractivity contribution in [1.82, 2.24) is 10.2 Å². The summed E-state index contributed by atoms with van der Waals surface area (Å²) in [6.07, 6.45) is 4.97. The Labute approximate surface area is 111 Å². The molecule has 0 aromatic carbocycles. The summed E-state index contributed by atoms with van der Waals surface area (Å²) in [5.41, 5.74) is -0.231. The molecule has 0 spiro atoms. The third kappa shape index (κ3) is 2.71. The van der Waals surface area contributed by atoms with Crippen LogP contribution in [0.25, 0.3) is 0 Å². The van der Waals surface area contributed by atoms with E-state index in [9.17, 15) is 4.79 Å². The Hall–Kier alpha value is -0.570. The van der Waals surface area contributed by atoms with Crippen molar-refractivity contribution < 1.29 is 4.79 Å². The van der Waals surface area contributed by atoms with Crippen molar-refractivity contribution in [1.29, 1.82) is 0 Å². The molecule has 0 aromatic rings. The first-order valence-electron chi connectivity index (χ1n) is 7.42. The molecule has 1 aliphatic carbocycles. The molecule has 2 rings (SSSR count). The highest BCUT2D eigenvalue weighted by Crippen LogP contribution is 2.38. The van der Waals surface area contributed by atoms with Crippen LogP contribution >= 0.6 is 0 Å². The van der Waals surface area contributed by atoms with E-state index in [0.29, 0.717) is 17.9 Å². The summed E-state index contributed by atoms with van der Waals surface area (Å²) in [5.74, 6) is 1.56. The lowest BCUT2D eigenvalue weighted by Gasteiger charge is -2.40. The molecule has 1 saturated carbocycles. The van der Waals surface area contributed by atoms with E-state index in [2.05, 4.69) is 26.1 Å². The molecule has 1 aliphatic heterocycles. The summed E-state index contributed by atoms with van der Waals surface area (Å²) in [6.45, 7) is 8.55. The van der Waals surface area contributed by atoms with Crippen LogP contribution in [0.4, 0.5) is 0 Å². The Bertz CT molecular complexity index is 304. The van der Waals surface area contributed by atoms with E-state index in [1.807, 2.05) is 11.9 Å². The lowest BCUT2D eigenvalue weighted by molar-refractivity contribution is -0.144. The minimum Gasteiger partial charge on any atom is -0.342 e. The van der Waals surface area contributed by atoms with Crippen molar-refractivity contribution in [2.75, 3.05) is 20.1 Å². The molecule has 1 amide bonds. The Balaban J connectivity index is 2.00. The van der Waals surface area contributed by atoms with Gasteiger partial charge in [0.1, 0.15) is 0 Å². The number of carbonyl (C=O) groups excluding carboxylic acids is 1. The predicted octanol–water partition coefficient (Wildman–Crippen LogP) is 2.27. The molecule has 3 heteroatoms. The monoisotopic (exact) mass is 252 g/mol. The normalized spacial score (nSPS) is 26.8. The van der Waals surface area contributed by atoms with Gasteiger partial charge in [0, 0.05) is 18.5 Å². The zero-order valence-corrected chi connectivity index (χ0v) is 12.3. The van der Waals surface area contributed by atoms with Gasteiger partial charge in [-0.25, -0.2) is 0 Å². The first kappa shape index (κ1) is 13.9. The van der Waals surface area contributed by atoms with E-state index in [1.54, 1.807) is 0 Å². The van der Waals surface area contributed by atoms with Crippen LogP contribution in [-0.2, 0) is 4.79 Å². The van der Waals surface area contributed by atoms with Crippen molar-refractivity contribution in [3.05, 3.63) is 0 Å². The van der Waals surface area contributed by atoms with Gasteiger partial charge < -0.3 is 10.2 Å². The SMILES string of the molecule is CC(C1CC1)N(C)C(=O)C(C)(C)C1CCCNC1. The molecule has 1 heterocycles. The number of nitrogens with zero attached hydrogens (tertiary/aromatic N) is 1. The predicted molar refractivity (Wildman–Crippen MR) is 74.3 cm³/mol. The summed E-state index contributed by atoms with van der Waals surface area (Å²) in [5, 5.41) is 3.43. The number of piperidine rings is 1. The van der Waals surface area contributed by atoms with Crippen LogP contribution in [0, 0.1) is 17.3 Å². The van der Waals surface area contributed by atoms with Crippen molar-refractivity contribution in [3.8, 4) is 0 Å². The highest BCUT2D eigenvalue weighted by atomic mass is 16.2. The van der Waals surface area contributed by atoms with Gasteiger partial charge in [-0.2, -0.15) is 0 Å². The first-order chi connectivity index (χ1) is 8.44. The molecule has 3 nitrogen and oxygen atoms in total. The van der Waals surface area contributed by atoms with Gasteiger partial charge in [-0.05, 0) is 57.5 Å². The second-order valence-electron chi connectivity index (χ2n) is 6.76. The van der Waals surface area contributed by atoms with Crippen LogP contribution in [0.15, 0.2) is 0 Å². The van der Waals surface area contributed by atoms with E-state index < -0.39 is 0 Å². The molecule has 2 fully saturated rings. The minimum absolute atomic E-state index is 0.231. The molecule has 1 N–H and O–H groups in total. The molecule has 104 valence electrons. The molecular weight excluding hydrogens is 224 g/mol. The third-order valence-corrected chi connectivity index (χ3v) is 5.10. The fourth-order valence-corrected chi connectivity index (χ4v) is 3.18. The molecule has 18 heavy (non-hydrogen) atoms. The van der Waals surface area contributed by atoms with Gasteiger partial charge in [-0.15, -0.1) is 0 Å². The highest BCUT2D eigenvalue weighted by molar-refractivity contribution is 5.82. The molecule has 0 aromatic heterocycles. The highest BCUT2D eigenvalue weighted by Gasteiger charge is 2.42. The maximum atomic E-state index is 12.7. The van der Waals surface area contributed by atoms with E-state index >= 15 is 0 Å². The van der Waals surface area contributed by atoms with Gasteiger partial charge in [-0.1, -0.05) is 13.8 Å². The molecule has 2 atom stereocenters. The second kappa shape index (κ2) is 5.20. The van der Waals surface area contributed by atoms with Crippen molar-refractivity contribution in [3.63, 3.8) is 0 Å². The molecule has 0 bridgehead atoms. The van der Waals surface area contributed by atoms with E-state index in [-0.39, 0.29) is 5.41 Å². The summed E-state index contributed by atoms with van der Waals surface area (Å²) >= 11 is 0. The number of amides is 1. The summed E-state index contributed by atoms with van der Waals surface area (Å²) < 4.78 is 0. The van der Waals surface area contributed by atoms with Gasteiger partial charge in [-0.3, -0.25) is 4.79 Å². The van der Waals surface area contributed by atoms with E-state index in [4.69, 9.17) is 0 Å². The van der Waals surface area contributed by atoms with Crippen LogP contribution in [0.5, 0.6) is 0 Å². The Morgan fingerprint density at radius 2 is 2.00 bits per heavy atom.